The van der Waals surface area contributed by atoms with Crippen molar-refractivity contribution in [1.29, 1.82) is 0 Å². The molecule has 0 bridgehead atoms. The monoisotopic (exact) mass is 299 g/mol. The fourth-order valence-corrected chi connectivity index (χ4v) is 2.13. The van der Waals surface area contributed by atoms with Gasteiger partial charge in [-0.1, -0.05) is 29.8 Å². The third-order valence-corrected chi connectivity index (χ3v) is 3.65. The van der Waals surface area contributed by atoms with Crippen LogP contribution in [0.5, 0.6) is 5.75 Å². The van der Waals surface area contributed by atoms with E-state index < -0.39 is 0 Å². The zero-order valence-corrected chi connectivity index (χ0v) is 12.7. The van der Waals surface area contributed by atoms with Crippen molar-refractivity contribution >= 4 is 15.9 Å². The Hall–Kier alpha value is -0.540. The van der Waals surface area contributed by atoms with Gasteiger partial charge in [-0.15, -0.1) is 0 Å². The lowest BCUT2D eigenvalue weighted by Crippen LogP contribution is -2.24. The van der Waals surface area contributed by atoms with E-state index in [0.29, 0.717) is 11.7 Å². The van der Waals surface area contributed by atoms with Crippen molar-refractivity contribution in [3.05, 3.63) is 28.2 Å². The molecule has 0 aliphatic heterocycles. The second kappa shape index (κ2) is 6.41. The van der Waals surface area contributed by atoms with Crippen molar-refractivity contribution in [3.8, 4) is 5.75 Å². The van der Waals surface area contributed by atoms with Gasteiger partial charge in [-0.2, -0.15) is 0 Å². The number of aromatic hydroxyl groups is 1. The van der Waals surface area contributed by atoms with Crippen molar-refractivity contribution in [2.24, 2.45) is 5.92 Å². The van der Waals surface area contributed by atoms with Gasteiger partial charge < -0.3 is 5.11 Å². The zero-order chi connectivity index (χ0) is 13.0. The first-order valence-electron chi connectivity index (χ1n) is 6.10. The molecule has 0 aromatic heterocycles. The first-order chi connectivity index (χ1) is 7.91. The molecule has 1 unspecified atom stereocenters. The van der Waals surface area contributed by atoms with E-state index >= 15 is 0 Å². The van der Waals surface area contributed by atoms with Crippen LogP contribution < -0.4 is 0 Å². The largest absolute Gasteiger partial charge is 0.508 e. The Morgan fingerprint density at radius 1 is 1.29 bits per heavy atom. The second-order valence-corrected chi connectivity index (χ2v) is 5.96. The molecule has 3 heteroatoms. The fourth-order valence-electron chi connectivity index (χ4n) is 1.75. The van der Waals surface area contributed by atoms with Gasteiger partial charge in [0.25, 0.3) is 0 Å². The van der Waals surface area contributed by atoms with Crippen LogP contribution in [0.25, 0.3) is 0 Å². The van der Waals surface area contributed by atoms with E-state index in [-0.39, 0.29) is 6.04 Å². The molecular formula is C14H22BrNO. The van der Waals surface area contributed by atoms with Crippen molar-refractivity contribution < 1.29 is 5.11 Å². The average molecular weight is 300 g/mol. The van der Waals surface area contributed by atoms with E-state index in [9.17, 15) is 5.11 Å². The number of nitrogens with zero attached hydrogens (tertiary/aromatic N) is 1. The van der Waals surface area contributed by atoms with E-state index in [1.54, 1.807) is 6.07 Å². The van der Waals surface area contributed by atoms with Gasteiger partial charge >= 0.3 is 0 Å². The molecule has 0 saturated heterocycles. The van der Waals surface area contributed by atoms with Gasteiger partial charge in [0.2, 0.25) is 0 Å². The molecule has 1 aromatic carbocycles. The van der Waals surface area contributed by atoms with Gasteiger partial charge in [-0.3, -0.25) is 4.90 Å². The molecule has 0 radical (unpaired) electrons. The molecule has 96 valence electrons. The van der Waals surface area contributed by atoms with E-state index in [1.165, 1.54) is 6.42 Å². The van der Waals surface area contributed by atoms with Gasteiger partial charge in [-0.05, 0) is 51.1 Å². The lowest BCUT2D eigenvalue weighted by molar-refractivity contribution is 0.242. The van der Waals surface area contributed by atoms with Crippen LogP contribution in [-0.4, -0.2) is 23.6 Å². The number of rotatable bonds is 5. The summed E-state index contributed by atoms with van der Waals surface area (Å²) in [6.45, 7) is 7.64. The maximum absolute atomic E-state index is 9.88. The van der Waals surface area contributed by atoms with E-state index in [4.69, 9.17) is 0 Å². The predicted molar refractivity (Wildman–Crippen MR) is 76.3 cm³/mol. The molecule has 0 amide bonds. The van der Waals surface area contributed by atoms with E-state index in [1.807, 2.05) is 12.1 Å². The smallest absolute Gasteiger partial charge is 0.120 e. The highest BCUT2D eigenvalue weighted by Crippen LogP contribution is 2.30. The number of phenols is 1. The normalized spacial score (nSPS) is 13.4. The summed E-state index contributed by atoms with van der Waals surface area (Å²) in [5, 5.41) is 9.88. The standard InChI is InChI=1S/C14H22BrNO/c1-10(2)7-8-16(4)11(3)13-9-12(15)5-6-14(13)17/h5-6,9-11,17H,7-8H2,1-4H3. The Bertz CT molecular complexity index is 365. The van der Waals surface area contributed by atoms with Crippen LogP contribution in [0.3, 0.4) is 0 Å². The van der Waals surface area contributed by atoms with Gasteiger partial charge in [-0.25, -0.2) is 0 Å². The molecule has 1 aromatic rings. The van der Waals surface area contributed by atoms with Gasteiger partial charge in [0.1, 0.15) is 5.75 Å². The Morgan fingerprint density at radius 2 is 1.94 bits per heavy atom. The third kappa shape index (κ3) is 4.32. The summed E-state index contributed by atoms with van der Waals surface area (Å²) in [6.07, 6.45) is 1.18. The van der Waals surface area contributed by atoms with Crippen LogP contribution in [-0.2, 0) is 0 Å². The third-order valence-electron chi connectivity index (χ3n) is 3.16. The minimum Gasteiger partial charge on any atom is -0.508 e. The summed E-state index contributed by atoms with van der Waals surface area (Å²) in [6, 6.07) is 5.82. The Balaban J connectivity index is 2.74. The van der Waals surface area contributed by atoms with Crippen LogP contribution in [0.4, 0.5) is 0 Å². The molecule has 2 nitrogen and oxygen atoms in total. The highest BCUT2D eigenvalue weighted by molar-refractivity contribution is 9.10. The molecule has 0 heterocycles. The summed E-state index contributed by atoms with van der Waals surface area (Å²) in [7, 11) is 2.10. The summed E-state index contributed by atoms with van der Waals surface area (Å²) in [5.41, 5.74) is 0.977. The minimum absolute atomic E-state index is 0.228. The zero-order valence-electron chi connectivity index (χ0n) is 11.1. The van der Waals surface area contributed by atoms with Crippen LogP contribution in [0, 0.1) is 5.92 Å². The maximum atomic E-state index is 9.88. The maximum Gasteiger partial charge on any atom is 0.120 e. The van der Waals surface area contributed by atoms with Crippen molar-refractivity contribution in [1.82, 2.24) is 4.90 Å². The Kier molecular flexibility index (Phi) is 5.47. The highest BCUT2D eigenvalue weighted by atomic mass is 79.9. The molecule has 0 saturated carbocycles. The molecule has 0 aliphatic rings. The van der Waals surface area contributed by atoms with Gasteiger partial charge in [0, 0.05) is 16.1 Å². The van der Waals surface area contributed by atoms with Gasteiger partial charge in [0.15, 0.2) is 0 Å². The second-order valence-electron chi connectivity index (χ2n) is 5.04. The summed E-state index contributed by atoms with van der Waals surface area (Å²) < 4.78 is 1.01. The topological polar surface area (TPSA) is 23.5 Å². The lowest BCUT2D eigenvalue weighted by atomic mass is 10.0. The predicted octanol–water partition coefficient (Wildman–Crippen LogP) is 4.19. The number of halogens is 1. The summed E-state index contributed by atoms with van der Waals surface area (Å²) >= 11 is 3.45. The number of phenolic OH excluding ortho intramolecular Hbond substituents is 1. The van der Waals surface area contributed by atoms with Crippen LogP contribution in [0.2, 0.25) is 0 Å². The van der Waals surface area contributed by atoms with Crippen LogP contribution in [0.1, 0.15) is 38.8 Å². The van der Waals surface area contributed by atoms with Crippen molar-refractivity contribution in [2.75, 3.05) is 13.6 Å². The van der Waals surface area contributed by atoms with Crippen LogP contribution in [0.15, 0.2) is 22.7 Å². The number of hydrogen-bond donors (Lipinski definition) is 1. The minimum atomic E-state index is 0.228. The lowest BCUT2D eigenvalue weighted by Gasteiger charge is -2.26. The summed E-state index contributed by atoms with van der Waals surface area (Å²) in [5.74, 6) is 1.08. The molecule has 1 N–H and O–H groups in total. The first kappa shape index (κ1) is 14.5. The Labute approximate surface area is 113 Å². The molecule has 0 aliphatic carbocycles. The van der Waals surface area contributed by atoms with Crippen molar-refractivity contribution in [3.63, 3.8) is 0 Å². The van der Waals surface area contributed by atoms with Gasteiger partial charge in [0.05, 0.1) is 0 Å². The molecule has 1 atom stereocenters. The summed E-state index contributed by atoms with van der Waals surface area (Å²) in [4.78, 5) is 2.28. The first-order valence-corrected chi connectivity index (χ1v) is 6.89. The molecule has 0 fully saturated rings. The van der Waals surface area contributed by atoms with Crippen molar-refractivity contribution in [2.45, 2.75) is 33.2 Å². The number of benzene rings is 1. The average Bonchev–Trinajstić information content (AvgIpc) is 2.28. The molecule has 1 rings (SSSR count). The van der Waals surface area contributed by atoms with E-state index in [2.05, 4.69) is 48.6 Å². The quantitative estimate of drug-likeness (QED) is 0.881. The Morgan fingerprint density at radius 3 is 2.53 bits per heavy atom. The highest BCUT2D eigenvalue weighted by Gasteiger charge is 2.15. The molecule has 0 spiro atoms. The van der Waals surface area contributed by atoms with E-state index in [0.717, 1.165) is 16.6 Å². The fraction of sp³-hybridized carbons (Fsp3) is 0.571. The molecule has 17 heavy (non-hydrogen) atoms. The SMILES string of the molecule is CC(C)CCN(C)C(C)c1cc(Br)ccc1O. The number of hydrogen-bond acceptors (Lipinski definition) is 2. The van der Waals surface area contributed by atoms with Crippen LogP contribution >= 0.6 is 15.9 Å². The molecular weight excluding hydrogens is 278 g/mol.